The molecule has 23 heavy (non-hydrogen) atoms. The number of aromatic nitrogens is 2. The van der Waals surface area contributed by atoms with Crippen LogP contribution in [0.25, 0.3) is 10.2 Å². The molecule has 2 aromatic heterocycles. The number of hydrogen-bond donors (Lipinski definition) is 4. The summed E-state index contributed by atoms with van der Waals surface area (Å²) in [5.74, 6) is -0.0479. The van der Waals surface area contributed by atoms with Crippen molar-refractivity contribution in [2.45, 2.75) is 20.3 Å². The highest BCUT2D eigenvalue weighted by molar-refractivity contribution is 7.80. The van der Waals surface area contributed by atoms with E-state index in [2.05, 4.69) is 32.7 Å². The third kappa shape index (κ3) is 4.14. The largest absolute Gasteiger partial charge is 0.358 e. The number of carbonyl (C=O) groups excluding carboxylic acids is 1. The van der Waals surface area contributed by atoms with E-state index in [1.807, 2.05) is 13.8 Å². The highest BCUT2D eigenvalue weighted by Crippen LogP contribution is 2.25. The van der Waals surface area contributed by atoms with Gasteiger partial charge in [-0.3, -0.25) is 20.4 Å². The summed E-state index contributed by atoms with van der Waals surface area (Å²) >= 11 is 6.39. The highest BCUT2D eigenvalue weighted by Gasteiger charge is 2.13. The van der Waals surface area contributed by atoms with Crippen LogP contribution in [0.3, 0.4) is 0 Å². The average Bonchev–Trinajstić information content (AvgIpc) is 2.78. The predicted octanol–water partition coefficient (Wildman–Crippen LogP) is 0.825. The molecule has 0 unspecified atom stereocenters. The minimum absolute atomic E-state index is 0.0573. The van der Waals surface area contributed by atoms with Crippen LogP contribution in [0.1, 0.15) is 16.3 Å². The smallest absolute Gasteiger partial charge is 0.259 e. The van der Waals surface area contributed by atoms with Crippen LogP contribution in [-0.4, -0.2) is 27.5 Å². The van der Waals surface area contributed by atoms with Crippen LogP contribution < -0.4 is 21.7 Å². The number of aromatic amines is 1. The van der Waals surface area contributed by atoms with Gasteiger partial charge in [-0.2, -0.15) is 0 Å². The molecule has 0 radical (unpaired) electrons. The number of carbonyl (C=O) groups is 1. The van der Waals surface area contributed by atoms with E-state index in [1.165, 1.54) is 11.3 Å². The lowest BCUT2D eigenvalue weighted by Gasteiger charge is -2.09. The number of hydrazine groups is 1. The van der Waals surface area contributed by atoms with Gasteiger partial charge in [-0.25, -0.2) is 4.98 Å². The molecule has 0 spiro atoms. The Labute approximate surface area is 142 Å². The first-order valence-electron chi connectivity index (χ1n) is 6.84. The second-order valence-electron chi connectivity index (χ2n) is 4.82. The molecule has 0 saturated heterocycles. The van der Waals surface area contributed by atoms with Gasteiger partial charge in [0.1, 0.15) is 10.7 Å². The van der Waals surface area contributed by atoms with Crippen LogP contribution in [0.15, 0.2) is 17.4 Å². The number of H-pyrrole nitrogens is 1. The van der Waals surface area contributed by atoms with Gasteiger partial charge in [0.15, 0.2) is 5.11 Å². The van der Waals surface area contributed by atoms with Crippen LogP contribution >= 0.6 is 23.6 Å². The standard InChI is InChI=1S/C14H17N5O2S2/c1-4-5-15-14(22)19-18-10(20)6-9-16-12(21)11-7(2)8(3)23-13(11)17-9/h4H,1,5-6H2,2-3H3,(H,18,20)(H2,15,19,22)(H,16,17,21). The van der Waals surface area contributed by atoms with Crippen LogP contribution in [0.2, 0.25) is 0 Å². The van der Waals surface area contributed by atoms with Gasteiger partial charge < -0.3 is 10.3 Å². The van der Waals surface area contributed by atoms with E-state index in [1.54, 1.807) is 6.08 Å². The number of thiophene rings is 1. The number of rotatable bonds is 4. The minimum atomic E-state index is -0.361. The Morgan fingerprint density at radius 3 is 2.87 bits per heavy atom. The SMILES string of the molecule is C=CCNC(=S)NNC(=O)Cc1nc2sc(C)c(C)c2c(=O)[nH]1. The van der Waals surface area contributed by atoms with Gasteiger partial charge >= 0.3 is 0 Å². The summed E-state index contributed by atoms with van der Waals surface area (Å²) in [6, 6.07) is 0. The van der Waals surface area contributed by atoms with E-state index in [-0.39, 0.29) is 23.0 Å². The zero-order valence-corrected chi connectivity index (χ0v) is 14.4. The maximum atomic E-state index is 12.1. The molecule has 0 aliphatic carbocycles. The van der Waals surface area contributed by atoms with E-state index < -0.39 is 0 Å². The van der Waals surface area contributed by atoms with Crippen molar-refractivity contribution in [1.29, 1.82) is 0 Å². The molecule has 7 nitrogen and oxygen atoms in total. The fourth-order valence-corrected chi connectivity index (χ4v) is 3.10. The van der Waals surface area contributed by atoms with Crippen molar-refractivity contribution in [3.63, 3.8) is 0 Å². The van der Waals surface area contributed by atoms with Crippen molar-refractivity contribution in [3.05, 3.63) is 39.3 Å². The molecule has 1 amide bonds. The van der Waals surface area contributed by atoms with Crippen molar-refractivity contribution in [2.24, 2.45) is 0 Å². The monoisotopic (exact) mass is 351 g/mol. The summed E-state index contributed by atoms with van der Waals surface area (Å²) in [6.07, 6.45) is 1.59. The number of aryl methyl sites for hydroxylation is 2. The lowest BCUT2D eigenvalue weighted by atomic mass is 10.2. The molecule has 0 atom stereocenters. The molecular formula is C14H17N5O2S2. The Kier molecular flexibility index (Phi) is 5.45. The second-order valence-corrected chi connectivity index (χ2v) is 6.44. The second kappa shape index (κ2) is 7.34. The number of hydrogen-bond acceptors (Lipinski definition) is 5. The first-order chi connectivity index (χ1) is 10.9. The van der Waals surface area contributed by atoms with Gasteiger partial charge in [0, 0.05) is 11.4 Å². The lowest BCUT2D eigenvalue weighted by Crippen LogP contribution is -2.47. The summed E-state index contributed by atoms with van der Waals surface area (Å²) in [7, 11) is 0. The Hall–Kier alpha value is -2.26. The average molecular weight is 351 g/mol. The first kappa shape index (κ1) is 17.1. The van der Waals surface area contributed by atoms with E-state index >= 15 is 0 Å². The molecule has 0 aliphatic rings. The summed E-state index contributed by atoms with van der Waals surface area (Å²) in [6.45, 7) is 7.86. The number of fused-ring (bicyclic) bond motifs is 1. The normalized spacial score (nSPS) is 10.3. The molecule has 0 saturated carbocycles. The molecular weight excluding hydrogens is 334 g/mol. The topological polar surface area (TPSA) is 98.9 Å². The molecule has 0 bridgehead atoms. The van der Waals surface area contributed by atoms with E-state index in [9.17, 15) is 9.59 Å². The summed E-state index contributed by atoms with van der Waals surface area (Å²) in [5.41, 5.74) is 5.70. The van der Waals surface area contributed by atoms with Gasteiger partial charge in [0.2, 0.25) is 5.91 Å². The first-order valence-corrected chi connectivity index (χ1v) is 8.07. The van der Waals surface area contributed by atoms with Gasteiger partial charge in [0.05, 0.1) is 11.8 Å². The number of nitrogens with one attached hydrogen (secondary N) is 4. The minimum Gasteiger partial charge on any atom is -0.358 e. The maximum Gasteiger partial charge on any atom is 0.259 e. The molecule has 2 rings (SSSR count). The van der Waals surface area contributed by atoms with Crippen LogP contribution in [0, 0.1) is 13.8 Å². The third-order valence-corrected chi connectivity index (χ3v) is 4.49. The van der Waals surface area contributed by atoms with Crippen LogP contribution in [-0.2, 0) is 11.2 Å². The van der Waals surface area contributed by atoms with Gasteiger partial charge in [0.25, 0.3) is 5.56 Å². The zero-order chi connectivity index (χ0) is 17.0. The fourth-order valence-electron chi connectivity index (χ4n) is 1.91. The molecule has 0 aliphatic heterocycles. The predicted molar refractivity (Wildman–Crippen MR) is 95.5 cm³/mol. The van der Waals surface area contributed by atoms with Crippen LogP contribution in [0.4, 0.5) is 0 Å². The number of amides is 1. The Morgan fingerprint density at radius 1 is 1.43 bits per heavy atom. The van der Waals surface area contributed by atoms with Gasteiger partial charge in [-0.1, -0.05) is 6.08 Å². The van der Waals surface area contributed by atoms with Crippen molar-refractivity contribution < 1.29 is 4.79 Å². The Bertz CT molecular complexity index is 824. The van der Waals surface area contributed by atoms with Crippen molar-refractivity contribution in [2.75, 3.05) is 6.54 Å². The van der Waals surface area contributed by atoms with Gasteiger partial charge in [-0.05, 0) is 31.6 Å². The van der Waals surface area contributed by atoms with Gasteiger partial charge in [-0.15, -0.1) is 17.9 Å². The van der Waals surface area contributed by atoms with Crippen molar-refractivity contribution in [3.8, 4) is 0 Å². The summed E-state index contributed by atoms with van der Waals surface area (Å²) in [4.78, 5) is 32.7. The van der Waals surface area contributed by atoms with E-state index in [4.69, 9.17) is 12.2 Å². The molecule has 2 heterocycles. The third-order valence-electron chi connectivity index (χ3n) is 3.14. The number of nitrogens with zero attached hydrogens (tertiary/aromatic N) is 1. The summed E-state index contributed by atoms with van der Waals surface area (Å²) < 4.78 is 0. The molecule has 9 heteroatoms. The molecule has 0 aromatic carbocycles. The summed E-state index contributed by atoms with van der Waals surface area (Å²) in [5, 5.41) is 3.67. The zero-order valence-electron chi connectivity index (χ0n) is 12.8. The highest BCUT2D eigenvalue weighted by atomic mass is 32.1. The molecule has 2 aromatic rings. The van der Waals surface area contributed by atoms with Crippen LogP contribution in [0.5, 0.6) is 0 Å². The number of thiocarbonyl (C=S) groups is 1. The van der Waals surface area contributed by atoms with E-state index in [0.29, 0.717) is 22.6 Å². The Morgan fingerprint density at radius 2 is 2.17 bits per heavy atom. The maximum absolute atomic E-state index is 12.1. The quantitative estimate of drug-likeness (QED) is 0.370. The molecule has 0 fully saturated rings. The lowest BCUT2D eigenvalue weighted by molar-refractivity contribution is -0.121. The fraction of sp³-hybridized carbons (Fsp3) is 0.286. The van der Waals surface area contributed by atoms with Crippen molar-refractivity contribution in [1.82, 2.24) is 26.1 Å². The Balaban J connectivity index is 2.04. The molecule has 122 valence electrons. The van der Waals surface area contributed by atoms with Crippen molar-refractivity contribution >= 4 is 44.8 Å². The van der Waals surface area contributed by atoms with E-state index in [0.717, 1.165) is 10.4 Å². The molecule has 4 N–H and O–H groups in total.